The van der Waals surface area contributed by atoms with Crippen LogP contribution in [0.3, 0.4) is 0 Å². The Hall–Kier alpha value is -0.540. The molecular weight excluding hydrogens is 272 g/mol. The van der Waals surface area contributed by atoms with Gasteiger partial charge in [0.25, 0.3) is 0 Å². The Labute approximate surface area is 102 Å². The molecule has 1 nitrogen and oxygen atoms in total. The van der Waals surface area contributed by atoms with Crippen molar-refractivity contribution >= 4 is 27.3 Å². The van der Waals surface area contributed by atoms with E-state index in [1.54, 1.807) is 0 Å². The van der Waals surface area contributed by atoms with Gasteiger partial charge in [-0.2, -0.15) is 0 Å². The molecular formula is C12H13BrOS. The molecule has 0 aliphatic rings. The molecule has 0 aliphatic heterocycles. The average molecular weight is 285 g/mol. The first-order valence-electron chi connectivity index (χ1n) is 4.99. The van der Waals surface area contributed by atoms with E-state index in [1.807, 2.05) is 30.4 Å². The lowest BCUT2D eigenvalue weighted by Gasteiger charge is -2.02. The molecule has 0 aliphatic carbocycles. The summed E-state index contributed by atoms with van der Waals surface area (Å²) < 4.78 is 5.60. The van der Waals surface area contributed by atoms with Crippen LogP contribution in [0.2, 0.25) is 0 Å². The Kier molecular flexibility index (Phi) is 3.32. The number of hydrogen-bond acceptors (Lipinski definition) is 2. The minimum absolute atomic E-state index is 0.191. The first-order valence-corrected chi connectivity index (χ1v) is 6.73. The highest BCUT2D eigenvalue weighted by atomic mass is 79.9. The summed E-state index contributed by atoms with van der Waals surface area (Å²) in [6.45, 7) is 4.14. The van der Waals surface area contributed by atoms with Crippen molar-refractivity contribution in [3.63, 3.8) is 0 Å². The summed E-state index contributed by atoms with van der Waals surface area (Å²) >= 11 is 5.50. The van der Waals surface area contributed by atoms with E-state index in [2.05, 4.69) is 35.0 Å². The van der Waals surface area contributed by atoms with Gasteiger partial charge in [0.2, 0.25) is 0 Å². The molecule has 0 fully saturated rings. The number of rotatable bonds is 3. The van der Waals surface area contributed by atoms with E-state index in [1.165, 1.54) is 9.75 Å². The van der Waals surface area contributed by atoms with Crippen molar-refractivity contribution in [2.75, 3.05) is 0 Å². The van der Waals surface area contributed by atoms with E-state index < -0.39 is 0 Å². The second-order valence-electron chi connectivity index (χ2n) is 3.47. The zero-order chi connectivity index (χ0) is 10.8. The summed E-state index contributed by atoms with van der Waals surface area (Å²) in [7, 11) is 0. The Morgan fingerprint density at radius 2 is 2.13 bits per heavy atom. The van der Waals surface area contributed by atoms with E-state index >= 15 is 0 Å². The standard InChI is InChI=1S/C12H13BrOS/c1-3-9-5-7-11(15-9)12(13)10-6-4-8(2)14-10/h4-7,12H,3H2,1-2H3. The third kappa shape index (κ3) is 2.34. The van der Waals surface area contributed by atoms with Gasteiger partial charge < -0.3 is 4.42 Å². The minimum atomic E-state index is 0.191. The Morgan fingerprint density at radius 3 is 2.67 bits per heavy atom. The van der Waals surface area contributed by atoms with Crippen LogP contribution in [0.5, 0.6) is 0 Å². The summed E-state index contributed by atoms with van der Waals surface area (Å²) in [6, 6.07) is 8.38. The number of thiophene rings is 1. The predicted octanol–water partition coefficient (Wildman–Crippen LogP) is 4.70. The van der Waals surface area contributed by atoms with Crippen LogP contribution in [0, 0.1) is 6.92 Å². The highest BCUT2D eigenvalue weighted by molar-refractivity contribution is 9.09. The van der Waals surface area contributed by atoms with Crippen molar-refractivity contribution in [2.24, 2.45) is 0 Å². The number of halogens is 1. The van der Waals surface area contributed by atoms with Crippen LogP contribution in [0.25, 0.3) is 0 Å². The van der Waals surface area contributed by atoms with Gasteiger partial charge in [0, 0.05) is 9.75 Å². The molecule has 80 valence electrons. The van der Waals surface area contributed by atoms with Gasteiger partial charge in [-0.1, -0.05) is 22.9 Å². The molecule has 0 bridgehead atoms. The molecule has 0 aromatic carbocycles. The lowest BCUT2D eigenvalue weighted by molar-refractivity contribution is 0.493. The molecule has 2 aromatic rings. The van der Waals surface area contributed by atoms with Crippen LogP contribution in [0.4, 0.5) is 0 Å². The maximum Gasteiger partial charge on any atom is 0.123 e. The summed E-state index contributed by atoms with van der Waals surface area (Å²) in [4.78, 5) is 2.91. The van der Waals surface area contributed by atoms with E-state index in [4.69, 9.17) is 4.42 Å². The molecule has 1 atom stereocenters. The summed E-state index contributed by atoms with van der Waals surface area (Å²) in [5, 5.41) is 0. The molecule has 0 saturated carbocycles. The second-order valence-corrected chi connectivity index (χ2v) is 5.58. The van der Waals surface area contributed by atoms with E-state index in [0.717, 1.165) is 17.9 Å². The monoisotopic (exact) mass is 284 g/mol. The van der Waals surface area contributed by atoms with Gasteiger partial charge in [0.05, 0.1) is 0 Å². The molecule has 2 aromatic heterocycles. The number of hydrogen-bond donors (Lipinski definition) is 0. The maximum atomic E-state index is 5.60. The van der Waals surface area contributed by atoms with Gasteiger partial charge in [-0.25, -0.2) is 0 Å². The van der Waals surface area contributed by atoms with Gasteiger partial charge >= 0.3 is 0 Å². The van der Waals surface area contributed by atoms with Crippen molar-refractivity contribution < 1.29 is 4.42 Å². The third-order valence-electron chi connectivity index (χ3n) is 2.29. The van der Waals surface area contributed by atoms with Crippen molar-refractivity contribution in [3.8, 4) is 0 Å². The first kappa shape index (κ1) is 11.0. The van der Waals surface area contributed by atoms with Crippen molar-refractivity contribution in [2.45, 2.75) is 25.1 Å². The topological polar surface area (TPSA) is 13.1 Å². The van der Waals surface area contributed by atoms with Crippen LogP contribution in [0.15, 0.2) is 28.7 Å². The Bertz CT molecular complexity index is 444. The van der Waals surface area contributed by atoms with Crippen molar-refractivity contribution in [1.82, 2.24) is 0 Å². The van der Waals surface area contributed by atoms with Crippen LogP contribution in [-0.2, 0) is 6.42 Å². The van der Waals surface area contributed by atoms with Gasteiger partial charge in [-0.3, -0.25) is 0 Å². The lowest BCUT2D eigenvalue weighted by Crippen LogP contribution is -1.85. The van der Waals surface area contributed by atoms with Gasteiger partial charge in [-0.15, -0.1) is 11.3 Å². The van der Waals surface area contributed by atoms with E-state index in [-0.39, 0.29) is 4.83 Å². The molecule has 0 spiro atoms. The van der Waals surface area contributed by atoms with E-state index in [9.17, 15) is 0 Å². The zero-order valence-electron chi connectivity index (χ0n) is 8.79. The number of furan rings is 1. The maximum absolute atomic E-state index is 5.60. The average Bonchev–Trinajstić information content (AvgIpc) is 2.84. The fourth-order valence-corrected chi connectivity index (χ4v) is 3.07. The molecule has 0 radical (unpaired) electrons. The van der Waals surface area contributed by atoms with Crippen LogP contribution < -0.4 is 0 Å². The molecule has 2 rings (SSSR count). The molecule has 2 heterocycles. The number of aryl methyl sites for hydroxylation is 2. The van der Waals surface area contributed by atoms with Crippen LogP contribution >= 0.6 is 27.3 Å². The van der Waals surface area contributed by atoms with E-state index in [0.29, 0.717) is 0 Å². The highest BCUT2D eigenvalue weighted by Crippen LogP contribution is 2.36. The quantitative estimate of drug-likeness (QED) is 0.745. The Morgan fingerprint density at radius 1 is 1.33 bits per heavy atom. The Balaban J connectivity index is 2.23. The van der Waals surface area contributed by atoms with Crippen molar-refractivity contribution in [1.29, 1.82) is 0 Å². The summed E-state index contributed by atoms with van der Waals surface area (Å²) in [5.74, 6) is 1.94. The molecule has 1 unspecified atom stereocenters. The van der Waals surface area contributed by atoms with Crippen LogP contribution in [-0.4, -0.2) is 0 Å². The predicted molar refractivity (Wildman–Crippen MR) is 67.9 cm³/mol. The second kappa shape index (κ2) is 4.54. The lowest BCUT2D eigenvalue weighted by atomic mass is 10.3. The largest absolute Gasteiger partial charge is 0.465 e. The normalized spacial score (nSPS) is 13.0. The molecule has 0 amide bonds. The summed E-state index contributed by atoms with van der Waals surface area (Å²) in [6.07, 6.45) is 1.10. The number of alkyl halides is 1. The zero-order valence-corrected chi connectivity index (χ0v) is 11.2. The van der Waals surface area contributed by atoms with Crippen LogP contribution in [0.1, 0.15) is 33.0 Å². The van der Waals surface area contributed by atoms with Gasteiger partial charge in [0.15, 0.2) is 0 Å². The third-order valence-corrected chi connectivity index (χ3v) is 4.83. The first-order chi connectivity index (χ1) is 7.20. The minimum Gasteiger partial charge on any atom is -0.465 e. The molecule has 15 heavy (non-hydrogen) atoms. The molecule has 0 saturated heterocycles. The van der Waals surface area contributed by atoms with Gasteiger partial charge in [-0.05, 0) is 37.6 Å². The molecule has 0 N–H and O–H groups in total. The smallest absolute Gasteiger partial charge is 0.123 e. The highest BCUT2D eigenvalue weighted by Gasteiger charge is 2.15. The fourth-order valence-electron chi connectivity index (χ4n) is 1.45. The van der Waals surface area contributed by atoms with Crippen molar-refractivity contribution in [3.05, 3.63) is 45.5 Å². The van der Waals surface area contributed by atoms with Gasteiger partial charge in [0.1, 0.15) is 16.3 Å². The fraction of sp³-hybridized carbons (Fsp3) is 0.333. The molecule has 3 heteroatoms. The SMILES string of the molecule is CCc1ccc(C(Br)c2ccc(C)o2)s1. The summed E-state index contributed by atoms with van der Waals surface area (Å²) in [5.41, 5.74) is 0.